The zero-order chi connectivity index (χ0) is 19.6. The molecule has 0 radical (unpaired) electrons. The van der Waals surface area contributed by atoms with Gasteiger partial charge < -0.3 is 0 Å². The van der Waals surface area contributed by atoms with Gasteiger partial charge in [-0.15, -0.1) is 5.10 Å². The monoisotopic (exact) mass is 388 g/mol. The highest BCUT2D eigenvalue weighted by molar-refractivity contribution is 5.79. The predicted octanol–water partition coefficient (Wildman–Crippen LogP) is 3.59. The summed E-state index contributed by atoms with van der Waals surface area (Å²) < 4.78 is 15.1. The van der Waals surface area contributed by atoms with Crippen molar-refractivity contribution in [2.75, 3.05) is 13.1 Å². The Morgan fingerprint density at radius 1 is 1.00 bits per heavy atom. The van der Waals surface area contributed by atoms with Crippen LogP contribution in [0.3, 0.4) is 0 Å². The first-order chi connectivity index (χ1) is 14.3. The van der Waals surface area contributed by atoms with E-state index in [0.29, 0.717) is 6.54 Å². The van der Waals surface area contributed by atoms with E-state index in [0.717, 1.165) is 40.9 Å². The Morgan fingerprint density at radius 3 is 2.66 bits per heavy atom. The summed E-state index contributed by atoms with van der Waals surface area (Å²) in [5, 5.41) is 13.7. The fourth-order valence-electron chi connectivity index (χ4n) is 4.07. The summed E-state index contributed by atoms with van der Waals surface area (Å²) in [5.41, 5.74) is 3.09. The van der Waals surface area contributed by atoms with Crippen LogP contribution in [0.2, 0.25) is 0 Å². The van der Waals surface area contributed by atoms with E-state index in [4.69, 9.17) is 0 Å². The van der Waals surface area contributed by atoms with Gasteiger partial charge in [0.1, 0.15) is 5.82 Å². The Bertz CT molecular complexity index is 1120. The third-order valence-corrected chi connectivity index (χ3v) is 5.50. The van der Waals surface area contributed by atoms with Crippen LogP contribution in [0.4, 0.5) is 4.39 Å². The molecule has 0 amide bonds. The van der Waals surface area contributed by atoms with Crippen LogP contribution in [-0.4, -0.2) is 43.2 Å². The second-order valence-corrected chi connectivity index (χ2v) is 7.42. The molecule has 0 aliphatic carbocycles. The van der Waals surface area contributed by atoms with Gasteiger partial charge in [-0.3, -0.25) is 9.88 Å². The third kappa shape index (κ3) is 3.61. The van der Waals surface area contributed by atoms with E-state index in [2.05, 4.69) is 49.7 Å². The average Bonchev–Trinajstić information content (AvgIpc) is 3.43. The summed E-state index contributed by atoms with van der Waals surface area (Å²) in [6.45, 7) is 2.53. The fraction of sp³-hybridized carbons (Fsp3) is 0.273. The van der Waals surface area contributed by atoms with Crippen molar-refractivity contribution in [1.82, 2.24) is 30.1 Å². The summed E-state index contributed by atoms with van der Waals surface area (Å²) in [6.07, 6.45) is 4.15. The van der Waals surface area contributed by atoms with Gasteiger partial charge in [0.2, 0.25) is 0 Å². The quantitative estimate of drug-likeness (QED) is 0.523. The molecule has 0 bridgehead atoms. The van der Waals surface area contributed by atoms with Gasteiger partial charge in [-0.2, -0.15) is 0 Å². The first kappa shape index (κ1) is 17.9. The number of pyridine rings is 1. The van der Waals surface area contributed by atoms with Gasteiger partial charge in [-0.25, -0.2) is 9.07 Å². The molecule has 5 rings (SSSR count). The van der Waals surface area contributed by atoms with E-state index in [-0.39, 0.29) is 11.9 Å². The minimum Gasteiger partial charge on any atom is -0.290 e. The minimum absolute atomic E-state index is 0.0300. The molecular weight excluding hydrogens is 367 g/mol. The maximum atomic E-state index is 13.3. The maximum absolute atomic E-state index is 13.3. The number of hydrogen-bond donors (Lipinski definition) is 0. The number of aromatic nitrogens is 5. The second-order valence-electron chi connectivity index (χ2n) is 7.42. The Hall–Kier alpha value is -3.19. The summed E-state index contributed by atoms with van der Waals surface area (Å²) in [7, 11) is 0. The van der Waals surface area contributed by atoms with E-state index < -0.39 is 0 Å². The van der Waals surface area contributed by atoms with Crippen LogP contribution in [0.25, 0.3) is 10.9 Å². The maximum Gasteiger partial charge on any atom is 0.173 e. The molecule has 1 atom stereocenters. The average molecular weight is 388 g/mol. The normalized spacial score (nSPS) is 15.8. The summed E-state index contributed by atoms with van der Waals surface area (Å²) in [6, 6.07) is 16.8. The molecule has 1 saturated heterocycles. The first-order valence-corrected chi connectivity index (χ1v) is 9.87. The van der Waals surface area contributed by atoms with Crippen LogP contribution in [0.1, 0.15) is 35.8 Å². The zero-order valence-corrected chi connectivity index (χ0v) is 15.9. The van der Waals surface area contributed by atoms with Gasteiger partial charge in [-0.05, 0) is 77.8 Å². The van der Waals surface area contributed by atoms with Gasteiger partial charge in [0.25, 0.3) is 0 Å². The number of hydrogen-bond acceptors (Lipinski definition) is 5. The largest absolute Gasteiger partial charge is 0.290 e. The molecule has 0 saturated carbocycles. The van der Waals surface area contributed by atoms with Crippen LogP contribution in [0, 0.1) is 5.82 Å². The first-order valence-electron chi connectivity index (χ1n) is 9.87. The van der Waals surface area contributed by atoms with Crippen molar-refractivity contribution in [2.24, 2.45) is 0 Å². The van der Waals surface area contributed by atoms with E-state index in [9.17, 15) is 4.39 Å². The molecule has 1 fully saturated rings. The molecule has 3 heterocycles. The predicted molar refractivity (Wildman–Crippen MR) is 108 cm³/mol. The molecule has 1 aliphatic heterocycles. The molecule has 0 N–H and O–H groups in total. The van der Waals surface area contributed by atoms with Crippen LogP contribution in [0.15, 0.2) is 60.8 Å². The lowest BCUT2D eigenvalue weighted by Gasteiger charge is -2.27. The Kier molecular flexibility index (Phi) is 4.73. The van der Waals surface area contributed by atoms with Crippen molar-refractivity contribution in [3.05, 3.63) is 83.6 Å². The van der Waals surface area contributed by atoms with E-state index >= 15 is 0 Å². The summed E-state index contributed by atoms with van der Waals surface area (Å²) in [5.74, 6) is 0.560. The number of halogens is 1. The fourth-order valence-corrected chi connectivity index (χ4v) is 4.07. The molecule has 146 valence electrons. The molecule has 1 aliphatic rings. The van der Waals surface area contributed by atoms with Gasteiger partial charge in [0.15, 0.2) is 5.82 Å². The van der Waals surface area contributed by atoms with Crippen LogP contribution in [0.5, 0.6) is 0 Å². The number of tetrazole rings is 1. The number of fused-ring (bicyclic) bond motifs is 1. The van der Waals surface area contributed by atoms with Gasteiger partial charge in [0, 0.05) is 11.6 Å². The molecule has 29 heavy (non-hydrogen) atoms. The van der Waals surface area contributed by atoms with Gasteiger partial charge >= 0.3 is 0 Å². The molecule has 6 nitrogen and oxygen atoms in total. The highest BCUT2D eigenvalue weighted by atomic mass is 19.1. The summed E-state index contributed by atoms with van der Waals surface area (Å²) in [4.78, 5) is 6.87. The summed E-state index contributed by atoms with van der Waals surface area (Å²) >= 11 is 0. The van der Waals surface area contributed by atoms with Crippen LogP contribution < -0.4 is 0 Å². The van der Waals surface area contributed by atoms with Crippen molar-refractivity contribution in [3.8, 4) is 0 Å². The van der Waals surface area contributed by atoms with Crippen molar-refractivity contribution in [1.29, 1.82) is 0 Å². The third-order valence-electron chi connectivity index (χ3n) is 5.50. The topological polar surface area (TPSA) is 59.7 Å². The number of rotatable bonds is 5. The SMILES string of the molecule is Fc1ccc(Cn2nnnc2[C@H](c2ccc3ncccc3c2)N2CCCC2)cc1. The standard InChI is InChI=1S/C22H21FN6/c23-19-8-5-16(6-9-19)15-29-22(25-26-27-29)21(28-12-1-2-13-28)18-7-10-20-17(14-18)4-3-11-24-20/h3-11,14,21H,1-2,12-13,15H2/t21-/m0/s1. The molecular formula is C22H21FN6. The highest BCUT2D eigenvalue weighted by Crippen LogP contribution is 2.32. The molecule has 7 heteroatoms. The van der Waals surface area contributed by atoms with Crippen LogP contribution >= 0.6 is 0 Å². The minimum atomic E-state index is -0.245. The number of nitrogens with zero attached hydrogens (tertiary/aromatic N) is 6. The molecule has 2 aromatic carbocycles. The smallest absolute Gasteiger partial charge is 0.173 e. The van der Waals surface area contributed by atoms with E-state index in [1.807, 2.05) is 16.9 Å². The molecule has 0 spiro atoms. The number of benzene rings is 2. The Labute approximate surface area is 168 Å². The molecule has 2 aromatic heterocycles. The van der Waals surface area contributed by atoms with Gasteiger partial charge in [0.05, 0.1) is 18.1 Å². The van der Waals surface area contributed by atoms with E-state index in [1.165, 1.54) is 25.0 Å². The van der Waals surface area contributed by atoms with Crippen molar-refractivity contribution in [3.63, 3.8) is 0 Å². The van der Waals surface area contributed by atoms with Crippen LogP contribution in [-0.2, 0) is 6.54 Å². The lowest BCUT2D eigenvalue weighted by molar-refractivity contribution is 0.264. The Morgan fingerprint density at radius 2 is 1.83 bits per heavy atom. The zero-order valence-electron chi connectivity index (χ0n) is 15.9. The molecule has 0 unspecified atom stereocenters. The number of likely N-dealkylation sites (tertiary alicyclic amines) is 1. The van der Waals surface area contributed by atoms with Crippen molar-refractivity contribution < 1.29 is 4.39 Å². The highest BCUT2D eigenvalue weighted by Gasteiger charge is 2.30. The molecule has 4 aromatic rings. The van der Waals surface area contributed by atoms with Crippen molar-refractivity contribution in [2.45, 2.75) is 25.4 Å². The lowest BCUT2D eigenvalue weighted by Crippen LogP contribution is -2.29. The lowest BCUT2D eigenvalue weighted by atomic mass is 10.0. The second kappa shape index (κ2) is 7.67. The van der Waals surface area contributed by atoms with E-state index in [1.54, 1.807) is 12.1 Å². The van der Waals surface area contributed by atoms with Gasteiger partial charge in [-0.1, -0.05) is 24.3 Å². The Balaban J connectivity index is 1.55. The van der Waals surface area contributed by atoms with Crippen molar-refractivity contribution >= 4 is 10.9 Å².